The Morgan fingerprint density at radius 2 is 1.80 bits per heavy atom. The molecule has 0 aromatic heterocycles. The Morgan fingerprint density at radius 1 is 1.27 bits per heavy atom. The Bertz CT molecular complexity index is 310. The normalized spacial score (nSPS) is 12.9. The summed E-state index contributed by atoms with van der Waals surface area (Å²) in [5.41, 5.74) is 4.04. The molecule has 1 aromatic rings. The molecule has 0 aliphatic carbocycles. The minimum atomic E-state index is 0.487. The highest BCUT2D eigenvalue weighted by molar-refractivity contribution is 9.10. The molecule has 1 nitrogen and oxygen atoms in total. The van der Waals surface area contributed by atoms with Crippen LogP contribution in [0.15, 0.2) is 16.6 Å². The van der Waals surface area contributed by atoms with Crippen LogP contribution < -0.4 is 5.32 Å². The van der Waals surface area contributed by atoms with Gasteiger partial charge in [0, 0.05) is 10.5 Å². The van der Waals surface area contributed by atoms with Crippen LogP contribution in [0.1, 0.15) is 42.5 Å². The molecule has 0 spiro atoms. The Labute approximate surface area is 101 Å². The fraction of sp³-hybridized carbons (Fsp3) is 0.538. The van der Waals surface area contributed by atoms with E-state index in [-0.39, 0.29) is 0 Å². The Morgan fingerprint density at radius 3 is 2.20 bits per heavy atom. The van der Waals surface area contributed by atoms with Gasteiger partial charge in [0.25, 0.3) is 0 Å². The van der Waals surface area contributed by atoms with Crippen LogP contribution in [0.5, 0.6) is 0 Å². The van der Waals surface area contributed by atoms with Crippen LogP contribution in [-0.4, -0.2) is 7.05 Å². The number of hydrogen-bond donors (Lipinski definition) is 1. The van der Waals surface area contributed by atoms with Gasteiger partial charge in [-0.15, -0.1) is 0 Å². The van der Waals surface area contributed by atoms with Crippen molar-refractivity contribution in [2.45, 2.75) is 39.7 Å². The molecule has 0 radical (unpaired) electrons. The van der Waals surface area contributed by atoms with Gasteiger partial charge in [-0.25, -0.2) is 0 Å². The van der Waals surface area contributed by atoms with Crippen molar-refractivity contribution in [1.29, 1.82) is 0 Å². The summed E-state index contributed by atoms with van der Waals surface area (Å²) in [6, 6.07) is 5.03. The minimum Gasteiger partial charge on any atom is -0.313 e. The van der Waals surface area contributed by atoms with E-state index in [4.69, 9.17) is 0 Å². The lowest BCUT2D eigenvalue weighted by Crippen LogP contribution is -2.16. The van der Waals surface area contributed by atoms with E-state index in [9.17, 15) is 0 Å². The zero-order valence-electron chi connectivity index (χ0n) is 10.0. The molecule has 1 unspecified atom stereocenters. The van der Waals surface area contributed by atoms with E-state index in [2.05, 4.69) is 54.2 Å². The first-order chi connectivity index (χ1) is 7.10. The van der Waals surface area contributed by atoms with Gasteiger partial charge in [0.05, 0.1) is 0 Å². The van der Waals surface area contributed by atoms with Crippen LogP contribution in [0.2, 0.25) is 0 Å². The van der Waals surface area contributed by atoms with Crippen molar-refractivity contribution in [3.63, 3.8) is 0 Å². The van der Waals surface area contributed by atoms with Crippen LogP contribution in [0.25, 0.3) is 0 Å². The highest BCUT2D eigenvalue weighted by atomic mass is 79.9. The molecule has 1 rings (SSSR count). The van der Waals surface area contributed by atoms with E-state index in [1.54, 1.807) is 0 Å². The van der Waals surface area contributed by atoms with E-state index in [0.717, 1.165) is 0 Å². The van der Waals surface area contributed by atoms with Crippen molar-refractivity contribution < 1.29 is 0 Å². The lowest BCUT2D eigenvalue weighted by Gasteiger charge is -2.18. The molecule has 1 aromatic carbocycles. The summed E-state index contributed by atoms with van der Waals surface area (Å²) in [6.45, 7) is 6.53. The van der Waals surface area contributed by atoms with Crippen molar-refractivity contribution in [1.82, 2.24) is 5.32 Å². The molecule has 0 aliphatic heterocycles. The van der Waals surface area contributed by atoms with Gasteiger partial charge in [0.15, 0.2) is 0 Å². The second-order valence-corrected chi connectivity index (χ2v) is 4.89. The molecule has 0 fully saturated rings. The van der Waals surface area contributed by atoms with Crippen LogP contribution >= 0.6 is 15.9 Å². The van der Waals surface area contributed by atoms with Crippen LogP contribution in [0, 0.1) is 13.8 Å². The molecular weight excluding hydrogens is 250 g/mol. The number of nitrogens with one attached hydrogen (secondary N) is 1. The third kappa shape index (κ3) is 3.05. The number of halogens is 1. The summed E-state index contributed by atoms with van der Waals surface area (Å²) in [4.78, 5) is 0. The maximum absolute atomic E-state index is 3.60. The number of hydrogen-bond acceptors (Lipinski definition) is 1. The molecule has 0 amide bonds. The fourth-order valence-corrected chi connectivity index (χ4v) is 2.18. The second kappa shape index (κ2) is 5.66. The van der Waals surface area contributed by atoms with Crippen molar-refractivity contribution >= 4 is 15.9 Å². The first kappa shape index (κ1) is 12.7. The van der Waals surface area contributed by atoms with Gasteiger partial charge < -0.3 is 5.32 Å². The minimum absolute atomic E-state index is 0.487. The van der Waals surface area contributed by atoms with Crippen molar-refractivity contribution in [2.75, 3.05) is 7.05 Å². The van der Waals surface area contributed by atoms with Gasteiger partial charge in [-0.1, -0.05) is 41.4 Å². The first-order valence-corrected chi connectivity index (χ1v) is 6.33. The molecular formula is C13H20BrN. The Kier molecular flexibility index (Phi) is 4.81. The number of benzene rings is 1. The third-order valence-corrected chi connectivity index (χ3v) is 4.04. The fourth-order valence-electron chi connectivity index (χ4n) is 1.95. The quantitative estimate of drug-likeness (QED) is 0.867. The zero-order valence-corrected chi connectivity index (χ0v) is 11.6. The lowest BCUT2D eigenvalue weighted by atomic mass is 9.98. The third-order valence-electron chi connectivity index (χ3n) is 2.79. The molecule has 1 N–H and O–H groups in total. The monoisotopic (exact) mass is 269 g/mol. The lowest BCUT2D eigenvalue weighted by molar-refractivity contribution is 0.541. The second-order valence-electron chi connectivity index (χ2n) is 4.10. The molecule has 0 bridgehead atoms. The largest absolute Gasteiger partial charge is 0.313 e. The highest BCUT2D eigenvalue weighted by Gasteiger charge is 2.10. The van der Waals surface area contributed by atoms with Crippen LogP contribution in [0.4, 0.5) is 0 Å². The van der Waals surface area contributed by atoms with E-state index in [1.165, 1.54) is 34.0 Å². The van der Waals surface area contributed by atoms with E-state index in [1.807, 2.05) is 7.05 Å². The maximum Gasteiger partial charge on any atom is 0.0317 e. The summed E-state index contributed by atoms with van der Waals surface area (Å²) in [5, 5.41) is 3.38. The summed E-state index contributed by atoms with van der Waals surface area (Å²) in [5.74, 6) is 0. The van der Waals surface area contributed by atoms with Gasteiger partial charge in [-0.05, 0) is 44.0 Å². The topological polar surface area (TPSA) is 12.0 Å². The van der Waals surface area contributed by atoms with Crippen LogP contribution in [-0.2, 0) is 0 Å². The molecule has 15 heavy (non-hydrogen) atoms. The van der Waals surface area contributed by atoms with E-state index >= 15 is 0 Å². The van der Waals surface area contributed by atoms with Gasteiger partial charge >= 0.3 is 0 Å². The number of aryl methyl sites for hydroxylation is 2. The average Bonchev–Trinajstić information content (AvgIpc) is 2.22. The van der Waals surface area contributed by atoms with E-state index < -0.39 is 0 Å². The SMILES string of the molecule is CCCC(NC)c1cc(C)c(Br)c(C)c1. The standard InChI is InChI=1S/C13H20BrN/c1-5-6-12(15-4)11-7-9(2)13(14)10(3)8-11/h7-8,12,15H,5-6H2,1-4H3. The Hall–Kier alpha value is -0.340. The van der Waals surface area contributed by atoms with Gasteiger partial charge in [0.2, 0.25) is 0 Å². The van der Waals surface area contributed by atoms with Gasteiger partial charge in [-0.3, -0.25) is 0 Å². The summed E-state index contributed by atoms with van der Waals surface area (Å²) in [6.07, 6.45) is 2.40. The molecule has 0 heterocycles. The van der Waals surface area contributed by atoms with Crippen molar-refractivity contribution in [2.24, 2.45) is 0 Å². The van der Waals surface area contributed by atoms with Gasteiger partial charge in [-0.2, -0.15) is 0 Å². The summed E-state index contributed by atoms with van der Waals surface area (Å²) >= 11 is 3.60. The zero-order chi connectivity index (χ0) is 11.4. The predicted octanol–water partition coefficient (Wildman–Crippen LogP) is 4.13. The Balaban J connectivity index is 3.03. The molecule has 84 valence electrons. The van der Waals surface area contributed by atoms with Gasteiger partial charge in [0.1, 0.15) is 0 Å². The first-order valence-electron chi connectivity index (χ1n) is 5.54. The molecule has 1 atom stereocenters. The average molecular weight is 270 g/mol. The summed E-state index contributed by atoms with van der Waals surface area (Å²) < 4.78 is 1.23. The molecule has 2 heteroatoms. The van der Waals surface area contributed by atoms with E-state index in [0.29, 0.717) is 6.04 Å². The van der Waals surface area contributed by atoms with Crippen molar-refractivity contribution in [3.05, 3.63) is 33.3 Å². The van der Waals surface area contributed by atoms with Crippen molar-refractivity contribution in [3.8, 4) is 0 Å². The molecule has 0 aliphatic rings. The highest BCUT2D eigenvalue weighted by Crippen LogP contribution is 2.27. The molecule has 0 saturated heterocycles. The predicted molar refractivity (Wildman–Crippen MR) is 70.3 cm³/mol. The molecule has 0 saturated carbocycles. The summed E-state index contributed by atoms with van der Waals surface area (Å²) in [7, 11) is 2.03. The number of rotatable bonds is 4. The smallest absolute Gasteiger partial charge is 0.0317 e. The maximum atomic E-state index is 3.60. The van der Waals surface area contributed by atoms with Crippen LogP contribution in [0.3, 0.4) is 0 Å².